The number of para-hydroxylation sites is 1. The molecule has 0 bridgehead atoms. The number of nitrogens with one attached hydrogen (secondary N) is 1. The van der Waals surface area contributed by atoms with Crippen LogP contribution in [-0.2, 0) is 13.1 Å². The molecule has 0 saturated heterocycles. The zero-order valence-corrected chi connectivity index (χ0v) is 14.6. The summed E-state index contributed by atoms with van der Waals surface area (Å²) in [4.78, 5) is 4.30. The maximum absolute atomic E-state index is 5.90. The minimum atomic E-state index is 0.319. The van der Waals surface area contributed by atoms with Gasteiger partial charge in [0, 0.05) is 19.3 Å². The molecule has 0 radical (unpaired) electrons. The molecule has 0 aliphatic carbocycles. The molecule has 0 spiro atoms. The van der Waals surface area contributed by atoms with Gasteiger partial charge in [-0.25, -0.2) is 0 Å². The molecule has 0 aliphatic heterocycles. The maximum atomic E-state index is 5.90. The molecule has 1 N–H and O–H groups in total. The van der Waals surface area contributed by atoms with Gasteiger partial charge in [-0.2, -0.15) is 4.68 Å². The van der Waals surface area contributed by atoms with Crippen molar-refractivity contribution >= 4 is 0 Å². The molecule has 7 heteroatoms. The molecule has 0 saturated carbocycles. The summed E-state index contributed by atoms with van der Waals surface area (Å²) in [6.45, 7) is 1.41. The molecule has 27 heavy (non-hydrogen) atoms. The molecule has 2 heterocycles. The van der Waals surface area contributed by atoms with Crippen molar-refractivity contribution in [2.75, 3.05) is 0 Å². The van der Waals surface area contributed by atoms with Crippen LogP contribution in [0.25, 0.3) is 5.69 Å². The van der Waals surface area contributed by atoms with E-state index in [0.29, 0.717) is 24.8 Å². The smallest absolute Gasteiger partial charge is 0.345 e. The molecule has 134 valence electrons. The van der Waals surface area contributed by atoms with Crippen LogP contribution >= 0.6 is 0 Å². The van der Waals surface area contributed by atoms with Crippen LogP contribution in [-0.4, -0.2) is 25.2 Å². The van der Waals surface area contributed by atoms with Crippen molar-refractivity contribution in [3.8, 4) is 17.4 Å². The van der Waals surface area contributed by atoms with E-state index in [1.807, 2.05) is 72.8 Å². The Labute approximate surface area is 156 Å². The second-order valence-corrected chi connectivity index (χ2v) is 5.88. The van der Waals surface area contributed by atoms with Crippen LogP contribution in [0.3, 0.4) is 0 Å². The summed E-state index contributed by atoms with van der Waals surface area (Å²) in [5.41, 5.74) is 2.94. The lowest BCUT2D eigenvalue weighted by Gasteiger charge is -2.08. The predicted octanol–water partition coefficient (Wildman–Crippen LogP) is 3.14. The molecular formula is C20H18N6O. The van der Waals surface area contributed by atoms with Gasteiger partial charge >= 0.3 is 6.01 Å². The van der Waals surface area contributed by atoms with Crippen LogP contribution in [0.2, 0.25) is 0 Å². The highest BCUT2D eigenvalue weighted by molar-refractivity contribution is 5.34. The van der Waals surface area contributed by atoms with E-state index in [-0.39, 0.29) is 0 Å². The zero-order valence-electron chi connectivity index (χ0n) is 14.6. The molecule has 2 aromatic heterocycles. The average Bonchev–Trinajstić information content (AvgIpc) is 3.18. The number of ether oxygens (including phenoxy) is 1. The lowest BCUT2D eigenvalue weighted by atomic mass is 10.2. The van der Waals surface area contributed by atoms with Crippen molar-refractivity contribution in [2.24, 2.45) is 0 Å². The van der Waals surface area contributed by atoms with Crippen molar-refractivity contribution in [3.63, 3.8) is 0 Å². The number of tetrazole rings is 1. The molecule has 0 atom stereocenters. The van der Waals surface area contributed by atoms with Gasteiger partial charge in [0.2, 0.25) is 0 Å². The summed E-state index contributed by atoms with van der Waals surface area (Å²) in [7, 11) is 0. The van der Waals surface area contributed by atoms with Gasteiger partial charge in [-0.3, -0.25) is 4.98 Å². The molecular weight excluding hydrogens is 340 g/mol. The fourth-order valence-corrected chi connectivity index (χ4v) is 2.64. The monoisotopic (exact) mass is 358 g/mol. The molecule has 7 nitrogen and oxygen atoms in total. The van der Waals surface area contributed by atoms with Gasteiger partial charge in [0.15, 0.2) is 0 Å². The van der Waals surface area contributed by atoms with Crippen molar-refractivity contribution in [1.82, 2.24) is 30.5 Å². The van der Waals surface area contributed by atoms with Crippen LogP contribution in [0.5, 0.6) is 11.8 Å². The van der Waals surface area contributed by atoms with E-state index in [4.69, 9.17) is 4.74 Å². The summed E-state index contributed by atoms with van der Waals surface area (Å²) in [6.07, 6.45) is 1.79. The van der Waals surface area contributed by atoms with Gasteiger partial charge < -0.3 is 10.1 Å². The van der Waals surface area contributed by atoms with Crippen LogP contribution in [0.4, 0.5) is 0 Å². The van der Waals surface area contributed by atoms with Gasteiger partial charge in [-0.1, -0.05) is 41.5 Å². The van der Waals surface area contributed by atoms with E-state index in [0.717, 1.165) is 16.9 Å². The molecule has 0 fully saturated rings. The Bertz CT molecular complexity index is 988. The summed E-state index contributed by atoms with van der Waals surface area (Å²) in [5.74, 6) is 0.680. The predicted molar refractivity (Wildman–Crippen MR) is 100 cm³/mol. The fourth-order valence-electron chi connectivity index (χ4n) is 2.64. The van der Waals surface area contributed by atoms with Gasteiger partial charge in [-0.15, -0.1) is 0 Å². The number of nitrogens with zero attached hydrogens (tertiary/aromatic N) is 5. The van der Waals surface area contributed by atoms with E-state index < -0.39 is 0 Å². The van der Waals surface area contributed by atoms with E-state index in [1.54, 1.807) is 10.9 Å². The Kier molecular flexibility index (Phi) is 5.12. The normalized spacial score (nSPS) is 10.7. The van der Waals surface area contributed by atoms with Gasteiger partial charge in [0.25, 0.3) is 0 Å². The third kappa shape index (κ3) is 4.34. The lowest BCUT2D eigenvalue weighted by molar-refractivity contribution is 0.426. The first-order valence-corrected chi connectivity index (χ1v) is 8.60. The molecule has 4 aromatic rings. The van der Waals surface area contributed by atoms with Crippen molar-refractivity contribution < 1.29 is 4.74 Å². The Morgan fingerprint density at radius 3 is 2.63 bits per heavy atom. The van der Waals surface area contributed by atoms with Gasteiger partial charge in [-0.05, 0) is 52.4 Å². The summed E-state index contributed by atoms with van der Waals surface area (Å²) < 4.78 is 7.46. The minimum Gasteiger partial charge on any atom is -0.423 e. The van der Waals surface area contributed by atoms with Crippen LogP contribution in [0.1, 0.15) is 11.3 Å². The number of pyridine rings is 1. The van der Waals surface area contributed by atoms with Crippen LogP contribution in [0.15, 0.2) is 79.0 Å². The topological polar surface area (TPSA) is 77.8 Å². The Hall–Kier alpha value is -3.58. The third-order valence-corrected chi connectivity index (χ3v) is 3.91. The first-order valence-electron chi connectivity index (χ1n) is 8.60. The van der Waals surface area contributed by atoms with Crippen LogP contribution < -0.4 is 10.1 Å². The quantitative estimate of drug-likeness (QED) is 0.547. The molecule has 0 amide bonds. The number of hydrogen-bond acceptors (Lipinski definition) is 6. The Balaban J connectivity index is 1.42. The molecule has 0 aliphatic rings. The zero-order chi connectivity index (χ0) is 18.3. The molecule has 4 rings (SSSR count). The second kappa shape index (κ2) is 8.20. The number of rotatable bonds is 7. The molecule has 2 aromatic carbocycles. The average molecular weight is 358 g/mol. The minimum absolute atomic E-state index is 0.319. The number of aromatic nitrogens is 5. The second-order valence-electron chi connectivity index (χ2n) is 5.88. The summed E-state index contributed by atoms with van der Waals surface area (Å²) in [5, 5.41) is 15.1. The summed E-state index contributed by atoms with van der Waals surface area (Å²) in [6, 6.07) is 23.7. The van der Waals surface area contributed by atoms with Crippen LogP contribution in [0, 0.1) is 0 Å². The third-order valence-electron chi connectivity index (χ3n) is 3.91. The molecule has 0 unspecified atom stereocenters. The maximum Gasteiger partial charge on any atom is 0.345 e. The number of hydrogen-bond donors (Lipinski definition) is 1. The highest BCUT2D eigenvalue weighted by atomic mass is 16.5. The van der Waals surface area contributed by atoms with Gasteiger partial charge in [0.05, 0.1) is 11.4 Å². The highest BCUT2D eigenvalue weighted by Gasteiger charge is 2.10. The first-order chi connectivity index (χ1) is 13.4. The van der Waals surface area contributed by atoms with E-state index in [1.165, 1.54) is 0 Å². The first kappa shape index (κ1) is 16.9. The van der Waals surface area contributed by atoms with E-state index in [2.05, 4.69) is 25.8 Å². The lowest BCUT2D eigenvalue weighted by Crippen LogP contribution is -2.13. The van der Waals surface area contributed by atoms with E-state index in [9.17, 15) is 0 Å². The SMILES string of the molecule is c1ccc(-n2nnnc2Oc2cccc(CNCc3ccccn3)c2)cc1. The number of benzene rings is 2. The van der Waals surface area contributed by atoms with Crippen molar-refractivity contribution in [1.29, 1.82) is 0 Å². The Morgan fingerprint density at radius 1 is 0.889 bits per heavy atom. The standard InChI is InChI=1S/C20H18N6O/c1-2-9-18(10-3-1)26-20(23-24-25-26)27-19-11-6-7-16(13-19)14-21-15-17-8-4-5-12-22-17/h1-13,21H,14-15H2. The largest absolute Gasteiger partial charge is 0.423 e. The fraction of sp³-hybridized carbons (Fsp3) is 0.100. The highest BCUT2D eigenvalue weighted by Crippen LogP contribution is 2.22. The van der Waals surface area contributed by atoms with Crippen molar-refractivity contribution in [2.45, 2.75) is 13.1 Å². The Morgan fingerprint density at radius 2 is 1.78 bits per heavy atom. The van der Waals surface area contributed by atoms with Crippen molar-refractivity contribution in [3.05, 3.63) is 90.3 Å². The van der Waals surface area contributed by atoms with E-state index >= 15 is 0 Å². The summed E-state index contributed by atoms with van der Waals surface area (Å²) >= 11 is 0. The van der Waals surface area contributed by atoms with Gasteiger partial charge in [0.1, 0.15) is 5.75 Å².